The molecule has 4 heteroatoms. The molecule has 0 spiro atoms. The van der Waals surface area contributed by atoms with E-state index in [1.807, 2.05) is 53.0 Å². The molecular formula is C65H40BrNS2. The number of hydrogen-bond donors (Lipinski definition) is 0. The first kappa shape index (κ1) is 40.5. The molecule has 69 heavy (non-hydrogen) atoms. The number of halogens is 1. The van der Waals surface area contributed by atoms with Crippen LogP contribution in [-0.4, -0.2) is 4.57 Å². The lowest BCUT2D eigenvalue weighted by Gasteiger charge is -2.13. The van der Waals surface area contributed by atoms with Crippen LogP contribution in [0.25, 0.3) is 122 Å². The zero-order valence-corrected chi connectivity index (χ0v) is 40.5. The molecule has 0 saturated heterocycles. The highest BCUT2D eigenvalue weighted by atomic mass is 79.9. The molecule has 1 aliphatic rings. The summed E-state index contributed by atoms with van der Waals surface area (Å²) < 4.78 is 9.04. The Bertz CT molecular complexity index is 4520. The SMILES string of the molecule is Brc1ccccc1.c1ccc(-n2c3ccccc3c3c4ccccc4c4c(ccc5sc6ccccc6c54)c32)cc1.c1ccc2c(c1)Cc1c-2c2ccccc2c2c1ccc1sc3ccccc3c12. The van der Waals surface area contributed by atoms with Crippen LogP contribution in [0.3, 0.4) is 0 Å². The van der Waals surface area contributed by atoms with Gasteiger partial charge in [0.25, 0.3) is 0 Å². The van der Waals surface area contributed by atoms with E-state index in [2.05, 4.69) is 221 Å². The third-order valence-electron chi connectivity index (χ3n) is 14.2. The Morgan fingerprint density at radius 3 is 1.45 bits per heavy atom. The molecule has 0 aliphatic heterocycles. The number of benzene rings is 12. The zero-order chi connectivity index (χ0) is 45.6. The molecule has 1 nitrogen and oxygen atoms in total. The van der Waals surface area contributed by atoms with Gasteiger partial charge in [0.15, 0.2) is 0 Å². The van der Waals surface area contributed by atoms with E-state index in [4.69, 9.17) is 0 Å². The van der Waals surface area contributed by atoms with Crippen molar-refractivity contribution in [3.8, 4) is 16.8 Å². The van der Waals surface area contributed by atoms with Crippen molar-refractivity contribution in [1.82, 2.24) is 4.57 Å². The molecule has 0 radical (unpaired) electrons. The van der Waals surface area contributed by atoms with Gasteiger partial charge in [0.1, 0.15) is 0 Å². The summed E-state index contributed by atoms with van der Waals surface area (Å²) in [6.07, 6.45) is 1.03. The largest absolute Gasteiger partial charge is 0.309 e. The van der Waals surface area contributed by atoms with E-state index < -0.39 is 0 Å². The molecule has 324 valence electrons. The standard InChI is InChI=1S/C32H19NS.C27H16S.C6H5Br/c1-2-10-20(11-3-1)33-26-16-8-6-14-23(26)30-22-13-5-4-12-21(22)29-25(32(30)33)18-19-28-31(29)24-15-7-9-17-27(24)34-28;1-2-8-17-16(7-1)15-22-20-13-14-24-27(21-11-5-6-12-23(21)28-24)26(20)19-10-4-3-9-18(19)25(17)22;7-6-4-2-1-3-5-6/h1-19H;1-14H,15H2;1-5H. The smallest absolute Gasteiger partial charge is 0.0626 e. The second-order valence-electron chi connectivity index (χ2n) is 17.9. The van der Waals surface area contributed by atoms with Gasteiger partial charge in [-0.05, 0) is 116 Å². The number of hydrogen-bond acceptors (Lipinski definition) is 2. The van der Waals surface area contributed by atoms with Crippen molar-refractivity contribution in [2.24, 2.45) is 0 Å². The second-order valence-corrected chi connectivity index (χ2v) is 21.0. The third-order valence-corrected chi connectivity index (χ3v) is 17.0. The van der Waals surface area contributed by atoms with Gasteiger partial charge in [-0.2, -0.15) is 0 Å². The molecule has 0 bridgehead atoms. The fraction of sp³-hybridized carbons (Fsp3) is 0.0154. The van der Waals surface area contributed by atoms with Gasteiger partial charge in [0, 0.05) is 72.0 Å². The van der Waals surface area contributed by atoms with Crippen molar-refractivity contribution >= 4 is 144 Å². The number of rotatable bonds is 1. The van der Waals surface area contributed by atoms with Crippen LogP contribution >= 0.6 is 38.6 Å². The number of para-hydroxylation sites is 2. The maximum atomic E-state index is 3.31. The monoisotopic (exact) mass is 977 g/mol. The third kappa shape index (κ3) is 6.33. The number of aromatic nitrogens is 1. The summed E-state index contributed by atoms with van der Waals surface area (Å²) in [5.74, 6) is 0. The van der Waals surface area contributed by atoms with Gasteiger partial charge >= 0.3 is 0 Å². The highest BCUT2D eigenvalue weighted by Gasteiger charge is 2.26. The molecule has 16 rings (SSSR count). The summed E-state index contributed by atoms with van der Waals surface area (Å²) in [5.41, 5.74) is 9.52. The van der Waals surface area contributed by atoms with Crippen molar-refractivity contribution in [2.45, 2.75) is 6.42 Å². The average molecular weight is 979 g/mol. The van der Waals surface area contributed by atoms with E-state index in [0.29, 0.717) is 0 Å². The Labute approximate surface area is 414 Å². The van der Waals surface area contributed by atoms with E-state index >= 15 is 0 Å². The maximum absolute atomic E-state index is 3.31. The lowest BCUT2D eigenvalue weighted by molar-refractivity contribution is 1.19. The highest BCUT2D eigenvalue weighted by molar-refractivity contribution is 9.10. The van der Waals surface area contributed by atoms with Crippen LogP contribution in [0.1, 0.15) is 11.1 Å². The molecule has 0 fully saturated rings. The zero-order valence-electron chi connectivity index (χ0n) is 37.3. The summed E-state index contributed by atoms with van der Waals surface area (Å²) in [4.78, 5) is 0. The molecule has 12 aromatic carbocycles. The Kier molecular flexibility index (Phi) is 9.55. The summed E-state index contributed by atoms with van der Waals surface area (Å²) in [7, 11) is 0. The van der Waals surface area contributed by atoms with Gasteiger partial charge in [-0.25, -0.2) is 0 Å². The topological polar surface area (TPSA) is 4.93 Å². The van der Waals surface area contributed by atoms with Gasteiger partial charge < -0.3 is 4.57 Å². The number of thiophene rings is 2. The van der Waals surface area contributed by atoms with Crippen LogP contribution in [0.5, 0.6) is 0 Å². The van der Waals surface area contributed by atoms with E-state index in [0.717, 1.165) is 10.9 Å². The minimum atomic E-state index is 1.03. The quantitative estimate of drug-likeness (QED) is 0.144. The minimum absolute atomic E-state index is 1.03. The van der Waals surface area contributed by atoms with Crippen LogP contribution in [-0.2, 0) is 6.42 Å². The van der Waals surface area contributed by atoms with Gasteiger partial charge in [0.05, 0.1) is 11.0 Å². The summed E-state index contributed by atoms with van der Waals surface area (Å²) in [5, 5.41) is 19.1. The first-order valence-corrected chi connectivity index (χ1v) is 25.9. The predicted molar refractivity (Wildman–Crippen MR) is 305 cm³/mol. The van der Waals surface area contributed by atoms with Crippen molar-refractivity contribution in [2.75, 3.05) is 0 Å². The molecule has 0 amide bonds. The number of fused-ring (bicyclic) bond motifs is 24. The summed E-state index contributed by atoms with van der Waals surface area (Å²) >= 11 is 7.11. The Morgan fingerprint density at radius 2 is 0.812 bits per heavy atom. The average Bonchev–Trinajstić information content (AvgIpc) is 4.19. The Hall–Kier alpha value is -7.60. The molecule has 3 aromatic heterocycles. The molecule has 0 saturated carbocycles. The summed E-state index contributed by atoms with van der Waals surface area (Å²) in [6, 6.07) is 83.5. The van der Waals surface area contributed by atoms with Crippen LogP contribution in [0.2, 0.25) is 0 Å². The van der Waals surface area contributed by atoms with Gasteiger partial charge in [-0.1, -0.05) is 192 Å². The van der Waals surface area contributed by atoms with Crippen LogP contribution in [0, 0.1) is 0 Å². The van der Waals surface area contributed by atoms with E-state index in [9.17, 15) is 0 Å². The van der Waals surface area contributed by atoms with Crippen molar-refractivity contribution in [3.63, 3.8) is 0 Å². The van der Waals surface area contributed by atoms with Crippen molar-refractivity contribution in [3.05, 3.63) is 246 Å². The number of nitrogens with zero attached hydrogens (tertiary/aromatic N) is 1. The first-order chi connectivity index (χ1) is 34.2. The van der Waals surface area contributed by atoms with Crippen LogP contribution in [0.15, 0.2) is 235 Å². The van der Waals surface area contributed by atoms with E-state index in [-0.39, 0.29) is 0 Å². The lowest BCUT2D eigenvalue weighted by atomic mass is 9.89. The van der Waals surface area contributed by atoms with Gasteiger partial charge in [-0.3, -0.25) is 0 Å². The highest BCUT2D eigenvalue weighted by Crippen LogP contribution is 2.50. The lowest BCUT2D eigenvalue weighted by Crippen LogP contribution is -1.94. The van der Waals surface area contributed by atoms with Crippen LogP contribution in [0.4, 0.5) is 0 Å². The molecule has 0 N–H and O–H groups in total. The normalized spacial score (nSPS) is 12.1. The predicted octanol–water partition coefficient (Wildman–Crippen LogP) is 19.8. The van der Waals surface area contributed by atoms with E-state index in [1.165, 1.54) is 133 Å². The first-order valence-electron chi connectivity index (χ1n) is 23.5. The van der Waals surface area contributed by atoms with Gasteiger partial charge in [-0.15, -0.1) is 22.7 Å². The van der Waals surface area contributed by atoms with E-state index in [1.54, 1.807) is 0 Å². The van der Waals surface area contributed by atoms with Crippen molar-refractivity contribution in [1.29, 1.82) is 0 Å². The maximum Gasteiger partial charge on any atom is 0.0626 e. The second kappa shape index (κ2) is 16.3. The summed E-state index contributed by atoms with van der Waals surface area (Å²) in [6.45, 7) is 0. The molecule has 3 heterocycles. The fourth-order valence-electron chi connectivity index (χ4n) is 11.4. The minimum Gasteiger partial charge on any atom is -0.309 e. The molecule has 1 aliphatic carbocycles. The van der Waals surface area contributed by atoms with Crippen molar-refractivity contribution < 1.29 is 0 Å². The fourth-order valence-corrected chi connectivity index (χ4v) is 13.9. The molecule has 15 aromatic rings. The molecular weight excluding hydrogens is 939 g/mol. The Balaban J connectivity index is 0.000000116. The van der Waals surface area contributed by atoms with Crippen LogP contribution < -0.4 is 0 Å². The molecule has 0 unspecified atom stereocenters. The molecule has 0 atom stereocenters. The van der Waals surface area contributed by atoms with Gasteiger partial charge in [0.2, 0.25) is 0 Å². The Morgan fingerprint density at radius 1 is 0.333 bits per heavy atom.